The summed E-state index contributed by atoms with van der Waals surface area (Å²) in [6.07, 6.45) is 12.3. The summed E-state index contributed by atoms with van der Waals surface area (Å²) in [5, 5.41) is 8.45. The third kappa shape index (κ3) is 9.07. The van der Waals surface area contributed by atoms with Gasteiger partial charge in [0.2, 0.25) is 17.7 Å². The predicted octanol–water partition coefficient (Wildman–Crippen LogP) is 3.96. The van der Waals surface area contributed by atoms with Crippen molar-refractivity contribution in [2.75, 3.05) is 26.2 Å². The predicted molar refractivity (Wildman–Crippen MR) is 183 cm³/mol. The first kappa shape index (κ1) is 34.3. The van der Waals surface area contributed by atoms with Crippen molar-refractivity contribution >= 4 is 28.5 Å². The zero-order chi connectivity index (χ0) is 32.5. The monoisotopic (exact) mass is 632 g/mol. The second-order valence-electron chi connectivity index (χ2n) is 14.7. The molecule has 0 saturated heterocycles. The van der Waals surface area contributed by atoms with Gasteiger partial charge in [-0.05, 0) is 117 Å². The highest BCUT2D eigenvalue weighted by molar-refractivity contribution is 5.88. The molecule has 4 saturated carbocycles. The lowest BCUT2D eigenvalue weighted by atomic mass is 9.49. The summed E-state index contributed by atoms with van der Waals surface area (Å²) >= 11 is 0. The van der Waals surface area contributed by atoms with E-state index >= 15 is 0 Å². The molecule has 2 aromatic rings. The Morgan fingerprint density at radius 1 is 0.848 bits per heavy atom. The van der Waals surface area contributed by atoms with Gasteiger partial charge in [-0.25, -0.2) is 0 Å². The highest BCUT2D eigenvalue weighted by Gasteiger charge is 2.51. The summed E-state index contributed by atoms with van der Waals surface area (Å²) in [7, 11) is 0. The average molecular weight is 633 g/mol. The number of fused-ring (bicyclic) bond motifs is 1. The molecule has 4 bridgehead atoms. The van der Waals surface area contributed by atoms with Gasteiger partial charge >= 0.3 is 0 Å². The van der Waals surface area contributed by atoms with E-state index in [1.165, 1.54) is 19.3 Å². The van der Waals surface area contributed by atoms with Crippen LogP contribution in [0.25, 0.3) is 10.8 Å². The van der Waals surface area contributed by atoms with E-state index < -0.39 is 6.04 Å². The molecule has 4 aliphatic rings. The number of nitrogens with zero attached hydrogens (tertiary/aromatic N) is 1. The topological polar surface area (TPSA) is 157 Å². The number of hydrogen-bond donors (Lipinski definition) is 5. The maximum atomic E-state index is 14.2. The molecule has 6 rings (SSSR count). The third-order valence-corrected chi connectivity index (χ3v) is 10.8. The minimum Gasteiger partial charge on any atom is -0.350 e. The summed E-state index contributed by atoms with van der Waals surface area (Å²) in [4.78, 5) is 42.6. The molecule has 0 aromatic heterocycles. The summed E-state index contributed by atoms with van der Waals surface area (Å²) in [5.74, 6) is 1.82. The van der Waals surface area contributed by atoms with Crippen molar-refractivity contribution in [2.24, 2.45) is 40.4 Å². The summed E-state index contributed by atoms with van der Waals surface area (Å²) in [5.41, 5.74) is 18.8. The largest absolute Gasteiger partial charge is 0.350 e. The van der Waals surface area contributed by atoms with Crippen LogP contribution in [-0.2, 0) is 20.9 Å². The molecule has 2 atom stereocenters. The Labute approximate surface area is 274 Å². The molecule has 3 amide bonds. The highest BCUT2D eigenvalue weighted by Crippen LogP contribution is 2.61. The lowest BCUT2D eigenvalue weighted by Crippen LogP contribution is -2.53. The lowest BCUT2D eigenvalue weighted by molar-refractivity contribution is -0.143. The van der Waals surface area contributed by atoms with Crippen molar-refractivity contribution < 1.29 is 14.4 Å². The van der Waals surface area contributed by atoms with Gasteiger partial charge in [-0.1, -0.05) is 55.3 Å². The molecule has 0 spiro atoms. The van der Waals surface area contributed by atoms with E-state index in [0.717, 1.165) is 79.0 Å². The Hall–Kier alpha value is -3.01. The molecule has 9 heteroatoms. The molecule has 0 unspecified atom stereocenters. The van der Waals surface area contributed by atoms with Gasteiger partial charge < -0.3 is 32.7 Å². The van der Waals surface area contributed by atoms with Crippen molar-refractivity contribution in [3.63, 3.8) is 0 Å². The van der Waals surface area contributed by atoms with Crippen molar-refractivity contribution in [3.05, 3.63) is 48.0 Å². The minimum absolute atomic E-state index is 0.0209. The van der Waals surface area contributed by atoms with Crippen molar-refractivity contribution in [2.45, 2.75) is 102 Å². The molecule has 4 aliphatic carbocycles. The Kier molecular flexibility index (Phi) is 12.1. The third-order valence-electron chi connectivity index (χ3n) is 10.8. The zero-order valence-electron chi connectivity index (χ0n) is 27.6. The number of nitrogens with one attached hydrogen (secondary N) is 2. The first-order chi connectivity index (χ1) is 22.3. The normalized spacial score (nSPS) is 24.5. The van der Waals surface area contributed by atoms with Crippen molar-refractivity contribution in [1.82, 2.24) is 15.5 Å². The number of rotatable bonds is 18. The number of amides is 3. The van der Waals surface area contributed by atoms with Gasteiger partial charge in [-0.15, -0.1) is 0 Å². The molecule has 0 radical (unpaired) electrons. The molecule has 252 valence electrons. The van der Waals surface area contributed by atoms with Crippen LogP contribution >= 0.6 is 0 Å². The molecular weight excluding hydrogens is 576 g/mol. The maximum absolute atomic E-state index is 14.2. The van der Waals surface area contributed by atoms with Crippen LogP contribution in [0.15, 0.2) is 42.5 Å². The molecule has 0 aliphatic heterocycles. The van der Waals surface area contributed by atoms with Gasteiger partial charge in [-0.3, -0.25) is 14.4 Å². The van der Waals surface area contributed by atoms with E-state index in [1.807, 2.05) is 24.3 Å². The smallest absolute Gasteiger partial charge is 0.239 e. The second kappa shape index (κ2) is 16.2. The molecule has 8 N–H and O–H groups in total. The van der Waals surface area contributed by atoms with E-state index in [-0.39, 0.29) is 42.3 Å². The molecule has 4 fully saturated rings. The number of carbonyl (C=O) groups excluding carboxylic acids is 3. The van der Waals surface area contributed by atoms with Gasteiger partial charge in [0.05, 0.1) is 12.6 Å². The number of nitrogens with two attached hydrogens (primary N) is 3. The Morgan fingerprint density at radius 3 is 2.15 bits per heavy atom. The van der Waals surface area contributed by atoms with Crippen LogP contribution in [0.3, 0.4) is 0 Å². The first-order valence-corrected chi connectivity index (χ1v) is 17.7. The number of unbranched alkanes of at least 4 members (excludes halogenated alkanes) is 2. The quantitative estimate of drug-likeness (QED) is 0.157. The van der Waals surface area contributed by atoms with E-state index in [0.29, 0.717) is 38.9 Å². The Balaban J connectivity index is 1.29. The van der Waals surface area contributed by atoms with Crippen molar-refractivity contribution in [1.29, 1.82) is 0 Å². The highest BCUT2D eigenvalue weighted by atomic mass is 16.2. The molecule has 0 heterocycles. The molecule has 2 aromatic carbocycles. The van der Waals surface area contributed by atoms with Crippen LogP contribution in [0.5, 0.6) is 0 Å². The fraction of sp³-hybridized carbons (Fsp3) is 0.649. The van der Waals surface area contributed by atoms with Crippen LogP contribution in [0.2, 0.25) is 0 Å². The summed E-state index contributed by atoms with van der Waals surface area (Å²) < 4.78 is 0. The van der Waals surface area contributed by atoms with E-state index in [9.17, 15) is 14.4 Å². The standard InChI is InChI=1S/C37H56N6O3/c38-14-5-3-11-31(42-36(46)33(40)13-4-6-15-39)24-43(35(45)22-37-19-26-16-27(20-37)18-28(17-26)21-37)25-34(44)41-23-30-10-7-9-29-8-1-2-12-32(29)30/h1-2,7-10,12,26-28,31,33H,3-6,11,13-25,38-40H2,(H,41,44)(H,42,46)/t26?,27?,28?,31-,33-,37?/m0/s1. The van der Waals surface area contributed by atoms with Crippen molar-refractivity contribution in [3.8, 4) is 0 Å². The van der Waals surface area contributed by atoms with Gasteiger partial charge in [0.25, 0.3) is 0 Å². The first-order valence-electron chi connectivity index (χ1n) is 17.7. The zero-order valence-corrected chi connectivity index (χ0v) is 27.6. The second-order valence-corrected chi connectivity index (χ2v) is 14.7. The number of carbonyl (C=O) groups is 3. The molecule has 9 nitrogen and oxygen atoms in total. The van der Waals surface area contributed by atoms with Gasteiger partial charge in [0, 0.05) is 25.6 Å². The molecular formula is C37H56N6O3. The SMILES string of the molecule is NCCCC[C@@H](CN(CC(=O)NCc1cccc2ccccc12)C(=O)CC12CC3CC(CC(C3)C1)C2)NC(=O)[C@@H](N)CCCCN. The van der Waals surface area contributed by atoms with Crippen LogP contribution in [0, 0.1) is 23.2 Å². The Morgan fingerprint density at radius 2 is 1.48 bits per heavy atom. The van der Waals surface area contributed by atoms with Crippen LogP contribution in [-0.4, -0.2) is 60.9 Å². The maximum Gasteiger partial charge on any atom is 0.239 e. The minimum atomic E-state index is -0.635. The van der Waals surface area contributed by atoms with Gasteiger partial charge in [0.1, 0.15) is 0 Å². The van der Waals surface area contributed by atoms with Crippen LogP contribution < -0.4 is 27.8 Å². The fourth-order valence-corrected chi connectivity index (χ4v) is 9.02. The number of hydrogen-bond acceptors (Lipinski definition) is 6. The van der Waals surface area contributed by atoms with E-state index in [1.54, 1.807) is 4.90 Å². The van der Waals surface area contributed by atoms with Crippen LogP contribution in [0.4, 0.5) is 0 Å². The number of benzene rings is 2. The van der Waals surface area contributed by atoms with E-state index in [2.05, 4.69) is 28.8 Å². The lowest BCUT2D eigenvalue weighted by Gasteiger charge is -2.57. The van der Waals surface area contributed by atoms with Gasteiger partial charge in [-0.2, -0.15) is 0 Å². The Bertz CT molecular complexity index is 1290. The summed E-state index contributed by atoms with van der Waals surface area (Å²) in [6.45, 7) is 1.75. The summed E-state index contributed by atoms with van der Waals surface area (Å²) in [6, 6.07) is 13.3. The molecule has 46 heavy (non-hydrogen) atoms. The average Bonchev–Trinajstić information content (AvgIpc) is 3.02. The van der Waals surface area contributed by atoms with Gasteiger partial charge in [0.15, 0.2) is 0 Å². The fourth-order valence-electron chi connectivity index (χ4n) is 9.02. The van der Waals surface area contributed by atoms with E-state index in [4.69, 9.17) is 17.2 Å². The van der Waals surface area contributed by atoms with Crippen LogP contribution in [0.1, 0.15) is 89.0 Å².